The molecule has 2 aliphatic rings. The summed E-state index contributed by atoms with van der Waals surface area (Å²) in [5, 5.41) is 3.51. The molecule has 82 valence electrons. The summed E-state index contributed by atoms with van der Waals surface area (Å²) >= 11 is 0. The van der Waals surface area contributed by atoms with E-state index in [0.29, 0.717) is 6.04 Å². The molecule has 0 amide bonds. The molecular weight excluding hydrogens is 176 g/mol. The lowest BCUT2D eigenvalue weighted by molar-refractivity contribution is -0.00519. The molecule has 0 unspecified atom stereocenters. The average molecular weight is 198 g/mol. The van der Waals surface area contributed by atoms with Gasteiger partial charge in [0.2, 0.25) is 0 Å². The van der Waals surface area contributed by atoms with Crippen LogP contribution in [0.5, 0.6) is 0 Å². The molecule has 2 saturated heterocycles. The molecule has 0 spiro atoms. The van der Waals surface area contributed by atoms with Crippen LogP contribution in [0.1, 0.15) is 25.7 Å². The minimum Gasteiger partial charge on any atom is -0.378 e. The number of piperidine rings is 1. The average Bonchev–Trinajstić information content (AvgIpc) is 2.16. The maximum atomic E-state index is 5.11. The second-order valence-corrected chi connectivity index (χ2v) is 4.44. The van der Waals surface area contributed by atoms with Gasteiger partial charge in [-0.3, -0.25) is 0 Å². The molecule has 0 aromatic heterocycles. The number of hydrogen-bond donors (Lipinski definition) is 1. The van der Waals surface area contributed by atoms with Crippen molar-refractivity contribution in [3.8, 4) is 0 Å². The van der Waals surface area contributed by atoms with Crippen LogP contribution in [0.4, 0.5) is 0 Å². The lowest BCUT2D eigenvalue weighted by Crippen LogP contribution is -2.46. The van der Waals surface area contributed by atoms with E-state index >= 15 is 0 Å². The second kappa shape index (κ2) is 5.69. The highest BCUT2D eigenvalue weighted by Gasteiger charge is 2.16. The van der Waals surface area contributed by atoms with Gasteiger partial charge in [-0.2, -0.15) is 0 Å². The Morgan fingerprint density at radius 2 is 1.93 bits per heavy atom. The zero-order chi connectivity index (χ0) is 9.64. The van der Waals surface area contributed by atoms with Crippen LogP contribution in [0.2, 0.25) is 0 Å². The fourth-order valence-electron chi connectivity index (χ4n) is 2.15. The SMILES string of the molecule is C1CCN(CCCNC2COC2)CC1. The largest absolute Gasteiger partial charge is 0.378 e. The van der Waals surface area contributed by atoms with Crippen LogP contribution in [-0.2, 0) is 4.74 Å². The molecule has 0 aromatic carbocycles. The normalized spacial score (nSPS) is 24.9. The molecule has 1 N–H and O–H groups in total. The summed E-state index contributed by atoms with van der Waals surface area (Å²) in [6.45, 7) is 6.93. The van der Waals surface area contributed by atoms with Gasteiger partial charge in [-0.25, -0.2) is 0 Å². The molecule has 3 heteroatoms. The van der Waals surface area contributed by atoms with Crippen molar-refractivity contribution in [2.24, 2.45) is 0 Å². The van der Waals surface area contributed by atoms with Crippen LogP contribution >= 0.6 is 0 Å². The molecule has 0 bridgehead atoms. The number of ether oxygens (including phenoxy) is 1. The fourth-order valence-corrected chi connectivity index (χ4v) is 2.15. The monoisotopic (exact) mass is 198 g/mol. The van der Waals surface area contributed by atoms with Gasteiger partial charge >= 0.3 is 0 Å². The van der Waals surface area contributed by atoms with E-state index in [2.05, 4.69) is 10.2 Å². The third-order valence-electron chi connectivity index (χ3n) is 3.17. The topological polar surface area (TPSA) is 24.5 Å². The van der Waals surface area contributed by atoms with Crippen molar-refractivity contribution in [1.82, 2.24) is 10.2 Å². The van der Waals surface area contributed by atoms with Crippen LogP contribution in [0.3, 0.4) is 0 Å². The molecule has 2 aliphatic heterocycles. The first-order valence-corrected chi connectivity index (χ1v) is 5.98. The molecule has 0 aliphatic carbocycles. The van der Waals surface area contributed by atoms with Crippen LogP contribution in [0, 0.1) is 0 Å². The molecule has 2 fully saturated rings. The Kier molecular flexibility index (Phi) is 4.22. The summed E-state index contributed by atoms with van der Waals surface area (Å²) in [5.41, 5.74) is 0. The second-order valence-electron chi connectivity index (χ2n) is 4.44. The Hall–Kier alpha value is -0.120. The first-order chi connectivity index (χ1) is 6.95. The van der Waals surface area contributed by atoms with E-state index in [-0.39, 0.29) is 0 Å². The summed E-state index contributed by atoms with van der Waals surface area (Å²) < 4.78 is 5.11. The molecule has 0 aromatic rings. The van der Waals surface area contributed by atoms with Crippen LogP contribution in [-0.4, -0.2) is 50.3 Å². The Labute approximate surface area is 86.8 Å². The highest BCUT2D eigenvalue weighted by Crippen LogP contribution is 2.08. The number of nitrogens with zero attached hydrogens (tertiary/aromatic N) is 1. The molecule has 0 saturated carbocycles. The van der Waals surface area contributed by atoms with Crippen molar-refractivity contribution < 1.29 is 4.74 Å². The number of likely N-dealkylation sites (tertiary alicyclic amines) is 1. The van der Waals surface area contributed by atoms with E-state index in [0.717, 1.165) is 19.8 Å². The van der Waals surface area contributed by atoms with E-state index in [1.54, 1.807) is 0 Å². The van der Waals surface area contributed by atoms with Crippen molar-refractivity contribution in [3.63, 3.8) is 0 Å². The fraction of sp³-hybridized carbons (Fsp3) is 1.00. The van der Waals surface area contributed by atoms with E-state index < -0.39 is 0 Å². The van der Waals surface area contributed by atoms with Gasteiger partial charge in [-0.1, -0.05) is 6.42 Å². The maximum absolute atomic E-state index is 5.11. The third kappa shape index (κ3) is 3.23. The molecule has 0 radical (unpaired) electrons. The lowest BCUT2D eigenvalue weighted by Gasteiger charge is -2.29. The van der Waals surface area contributed by atoms with Gasteiger partial charge in [0.05, 0.1) is 19.3 Å². The van der Waals surface area contributed by atoms with Gasteiger partial charge in [0.1, 0.15) is 0 Å². The smallest absolute Gasteiger partial charge is 0.0643 e. The molecule has 3 nitrogen and oxygen atoms in total. The molecule has 14 heavy (non-hydrogen) atoms. The predicted molar refractivity (Wildman–Crippen MR) is 57.5 cm³/mol. The molecule has 0 atom stereocenters. The first kappa shape index (κ1) is 10.4. The predicted octanol–water partition coefficient (Wildman–Crippen LogP) is 0.851. The number of rotatable bonds is 5. The van der Waals surface area contributed by atoms with Crippen molar-refractivity contribution in [1.29, 1.82) is 0 Å². The highest BCUT2D eigenvalue weighted by atomic mass is 16.5. The molecule has 2 rings (SSSR count). The molecular formula is C11H22N2O. The van der Waals surface area contributed by atoms with Gasteiger partial charge in [0, 0.05) is 0 Å². The zero-order valence-corrected chi connectivity index (χ0v) is 9.00. The summed E-state index contributed by atoms with van der Waals surface area (Å²) in [7, 11) is 0. The zero-order valence-electron chi connectivity index (χ0n) is 9.00. The highest BCUT2D eigenvalue weighted by molar-refractivity contribution is 4.73. The minimum absolute atomic E-state index is 0.649. The van der Waals surface area contributed by atoms with Crippen LogP contribution in [0.25, 0.3) is 0 Å². The number of hydrogen-bond acceptors (Lipinski definition) is 3. The van der Waals surface area contributed by atoms with Crippen molar-refractivity contribution >= 4 is 0 Å². The quantitative estimate of drug-likeness (QED) is 0.663. The van der Waals surface area contributed by atoms with Gasteiger partial charge in [-0.15, -0.1) is 0 Å². The Morgan fingerprint density at radius 3 is 2.57 bits per heavy atom. The Bertz CT molecular complexity index is 153. The van der Waals surface area contributed by atoms with Crippen LogP contribution in [0.15, 0.2) is 0 Å². The van der Waals surface area contributed by atoms with Crippen molar-refractivity contribution in [2.45, 2.75) is 31.7 Å². The lowest BCUT2D eigenvalue weighted by atomic mass is 10.1. The third-order valence-corrected chi connectivity index (χ3v) is 3.17. The van der Waals surface area contributed by atoms with Gasteiger partial charge in [0.25, 0.3) is 0 Å². The summed E-state index contributed by atoms with van der Waals surface area (Å²) in [4.78, 5) is 2.60. The van der Waals surface area contributed by atoms with Crippen LogP contribution < -0.4 is 5.32 Å². The van der Waals surface area contributed by atoms with E-state index in [4.69, 9.17) is 4.74 Å². The van der Waals surface area contributed by atoms with E-state index in [9.17, 15) is 0 Å². The maximum Gasteiger partial charge on any atom is 0.0643 e. The first-order valence-electron chi connectivity index (χ1n) is 5.98. The summed E-state index contributed by atoms with van der Waals surface area (Å²) in [5.74, 6) is 0. The standard InChI is InChI=1S/C11H22N2O/c1-2-6-13(7-3-1)8-4-5-12-11-9-14-10-11/h11-12H,1-10H2. The van der Waals surface area contributed by atoms with Gasteiger partial charge in [-0.05, 0) is 45.4 Å². The van der Waals surface area contributed by atoms with Crippen molar-refractivity contribution in [3.05, 3.63) is 0 Å². The number of nitrogens with one attached hydrogen (secondary N) is 1. The summed E-state index contributed by atoms with van der Waals surface area (Å²) in [6, 6.07) is 0.649. The Balaban J connectivity index is 1.45. The van der Waals surface area contributed by atoms with E-state index in [1.807, 2.05) is 0 Å². The van der Waals surface area contributed by atoms with Gasteiger partial charge < -0.3 is 15.0 Å². The van der Waals surface area contributed by atoms with Gasteiger partial charge in [0.15, 0.2) is 0 Å². The Morgan fingerprint density at radius 1 is 1.14 bits per heavy atom. The molecule has 2 heterocycles. The van der Waals surface area contributed by atoms with Crippen molar-refractivity contribution in [2.75, 3.05) is 39.4 Å². The van der Waals surface area contributed by atoms with E-state index in [1.165, 1.54) is 45.3 Å². The summed E-state index contributed by atoms with van der Waals surface area (Å²) in [6.07, 6.45) is 5.54. The minimum atomic E-state index is 0.649.